The van der Waals surface area contributed by atoms with Crippen LogP contribution in [0.4, 0.5) is 0 Å². The van der Waals surface area contributed by atoms with Crippen LogP contribution in [0.2, 0.25) is 6.04 Å². The predicted octanol–water partition coefficient (Wildman–Crippen LogP) is 2.75. The highest BCUT2D eigenvalue weighted by atomic mass is 32.1. The van der Waals surface area contributed by atoms with Gasteiger partial charge in [-0.05, 0) is 18.4 Å². The summed E-state index contributed by atoms with van der Waals surface area (Å²) in [4.78, 5) is 0. The molecule has 0 atom stereocenters. The lowest BCUT2D eigenvalue weighted by atomic mass is 10.1. The van der Waals surface area contributed by atoms with Crippen LogP contribution in [-0.4, -0.2) is 29.0 Å². The lowest BCUT2D eigenvalue weighted by Crippen LogP contribution is -2.43. The smallest absolute Gasteiger partial charge is 0.377 e. The molecular formula is C12H20O3SSi. The van der Waals surface area contributed by atoms with Gasteiger partial charge in [0.15, 0.2) is 0 Å². The molecule has 0 aliphatic rings. The summed E-state index contributed by atoms with van der Waals surface area (Å²) in [6, 6.07) is 11.2. The standard InChI is InChI=1S/C12H20O3SSi/c1-13-17(14-2,15-11-16)10-6-9-12-7-4-3-5-8-12/h3-5,7-8,16H,6,9-11H2,1-2H3. The summed E-state index contributed by atoms with van der Waals surface area (Å²) < 4.78 is 16.3. The zero-order chi connectivity index (χ0) is 12.6. The maximum Gasteiger partial charge on any atom is 0.501 e. The van der Waals surface area contributed by atoms with E-state index in [9.17, 15) is 0 Å². The van der Waals surface area contributed by atoms with E-state index in [4.69, 9.17) is 13.3 Å². The molecule has 0 radical (unpaired) electrons. The minimum absolute atomic E-state index is 0.333. The fourth-order valence-corrected chi connectivity index (χ4v) is 4.08. The molecule has 0 aromatic heterocycles. The second kappa shape index (κ2) is 7.89. The van der Waals surface area contributed by atoms with Gasteiger partial charge in [-0.3, -0.25) is 0 Å². The molecule has 0 bridgehead atoms. The summed E-state index contributed by atoms with van der Waals surface area (Å²) in [6.45, 7) is 0. The van der Waals surface area contributed by atoms with Gasteiger partial charge in [0.25, 0.3) is 0 Å². The molecule has 17 heavy (non-hydrogen) atoms. The lowest BCUT2D eigenvalue weighted by molar-refractivity contribution is 0.117. The van der Waals surface area contributed by atoms with Gasteiger partial charge >= 0.3 is 8.80 Å². The zero-order valence-corrected chi connectivity index (χ0v) is 12.3. The first-order valence-electron chi connectivity index (χ1n) is 5.65. The molecule has 3 nitrogen and oxygen atoms in total. The van der Waals surface area contributed by atoms with Crippen LogP contribution in [-0.2, 0) is 19.7 Å². The molecule has 96 valence electrons. The van der Waals surface area contributed by atoms with Crippen LogP contribution >= 0.6 is 12.6 Å². The van der Waals surface area contributed by atoms with Gasteiger partial charge in [-0.1, -0.05) is 30.3 Å². The average Bonchev–Trinajstić information content (AvgIpc) is 2.39. The summed E-state index contributed by atoms with van der Waals surface area (Å²) in [5.41, 5.74) is 1.33. The molecule has 0 saturated carbocycles. The van der Waals surface area contributed by atoms with Crippen molar-refractivity contribution in [2.75, 3.05) is 20.2 Å². The van der Waals surface area contributed by atoms with Crippen LogP contribution in [0.5, 0.6) is 0 Å². The van der Waals surface area contributed by atoms with E-state index < -0.39 is 8.80 Å². The Labute approximate surface area is 110 Å². The Bertz CT molecular complexity index is 304. The summed E-state index contributed by atoms with van der Waals surface area (Å²) in [5, 5.41) is 0. The van der Waals surface area contributed by atoms with Gasteiger partial charge in [0, 0.05) is 20.3 Å². The fraction of sp³-hybridized carbons (Fsp3) is 0.500. The quantitative estimate of drug-likeness (QED) is 0.448. The monoisotopic (exact) mass is 272 g/mol. The third kappa shape index (κ3) is 4.81. The molecule has 0 N–H and O–H groups in total. The van der Waals surface area contributed by atoms with Crippen molar-refractivity contribution in [1.29, 1.82) is 0 Å². The number of benzene rings is 1. The fourth-order valence-electron chi connectivity index (χ4n) is 1.73. The number of rotatable bonds is 8. The lowest BCUT2D eigenvalue weighted by Gasteiger charge is -2.25. The molecule has 5 heteroatoms. The summed E-state index contributed by atoms with van der Waals surface area (Å²) in [7, 11) is 0.807. The van der Waals surface area contributed by atoms with E-state index in [1.165, 1.54) is 5.56 Å². The van der Waals surface area contributed by atoms with Gasteiger partial charge in [0.2, 0.25) is 0 Å². The van der Waals surface area contributed by atoms with Crippen LogP contribution in [0, 0.1) is 0 Å². The minimum atomic E-state index is -2.47. The molecule has 0 aliphatic carbocycles. The van der Waals surface area contributed by atoms with Crippen molar-refractivity contribution in [2.24, 2.45) is 0 Å². The van der Waals surface area contributed by atoms with Crippen molar-refractivity contribution in [3.05, 3.63) is 35.9 Å². The molecule has 0 fully saturated rings. The molecule has 0 unspecified atom stereocenters. The normalized spacial score (nSPS) is 11.7. The second-order valence-electron chi connectivity index (χ2n) is 3.70. The zero-order valence-electron chi connectivity index (χ0n) is 10.4. The molecule has 0 heterocycles. The highest BCUT2D eigenvalue weighted by Crippen LogP contribution is 2.18. The van der Waals surface area contributed by atoms with E-state index >= 15 is 0 Å². The van der Waals surface area contributed by atoms with Gasteiger partial charge in [0.05, 0.1) is 5.94 Å². The van der Waals surface area contributed by atoms with Gasteiger partial charge in [-0.25, -0.2) is 0 Å². The van der Waals surface area contributed by atoms with Gasteiger partial charge < -0.3 is 13.3 Å². The maximum atomic E-state index is 5.52. The Morgan fingerprint density at radius 1 is 1.12 bits per heavy atom. The Balaban J connectivity index is 2.42. The van der Waals surface area contributed by atoms with Crippen molar-refractivity contribution in [3.8, 4) is 0 Å². The van der Waals surface area contributed by atoms with Gasteiger partial charge in [0.1, 0.15) is 0 Å². The second-order valence-corrected chi connectivity index (χ2v) is 6.93. The third-order valence-electron chi connectivity index (χ3n) is 2.70. The van der Waals surface area contributed by atoms with Gasteiger partial charge in [-0.15, -0.1) is 0 Å². The van der Waals surface area contributed by atoms with Crippen molar-refractivity contribution >= 4 is 21.4 Å². The van der Waals surface area contributed by atoms with Crippen LogP contribution in [0.1, 0.15) is 12.0 Å². The van der Waals surface area contributed by atoms with Crippen molar-refractivity contribution in [2.45, 2.75) is 18.9 Å². The molecular weight excluding hydrogens is 252 g/mol. The van der Waals surface area contributed by atoms with Crippen LogP contribution in [0.3, 0.4) is 0 Å². The van der Waals surface area contributed by atoms with Crippen LogP contribution in [0.25, 0.3) is 0 Å². The third-order valence-corrected chi connectivity index (χ3v) is 5.86. The molecule has 1 rings (SSSR count). The van der Waals surface area contributed by atoms with E-state index in [0.717, 1.165) is 18.9 Å². The van der Waals surface area contributed by atoms with E-state index in [1.807, 2.05) is 6.07 Å². The van der Waals surface area contributed by atoms with Crippen molar-refractivity contribution in [3.63, 3.8) is 0 Å². The molecule has 0 spiro atoms. The number of thiol groups is 1. The maximum absolute atomic E-state index is 5.52. The van der Waals surface area contributed by atoms with Crippen LogP contribution < -0.4 is 0 Å². The highest BCUT2D eigenvalue weighted by Gasteiger charge is 2.37. The molecule has 1 aromatic carbocycles. The molecule has 0 amide bonds. The number of aryl methyl sites for hydroxylation is 1. The Hall–Kier alpha value is -0.333. The SMILES string of the molecule is CO[Si](CCCc1ccccc1)(OC)OCS. The number of hydrogen-bond donors (Lipinski definition) is 1. The topological polar surface area (TPSA) is 27.7 Å². The Morgan fingerprint density at radius 3 is 2.29 bits per heavy atom. The first-order valence-corrected chi connectivity index (χ1v) is 8.22. The van der Waals surface area contributed by atoms with E-state index in [-0.39, 0.29) is 0 Å². The molecule has 0 aliphatic heterocycles. The predicted molar refractivity (Wildman–Crippen MR) is 74.3 cm³/mol. The Morgan fingerprint density at radius 2 is 1.76 bits per heavy atom. The molecule has 1 aromatic rings. The largest absolute Gasteiger partial charge is 0.501 e. The summed E-state index contributed by atoms with van der Waals surface area (Å²) in [6.07, 6.45) is 2.00. The Kier molecular flexibility index (Phi) is 6.84. The van der Waals surface area contributed by atoms with Crippen LogP contribution in [0.15, 0.2) is 30.3 Å². The van der Waals surface area contributed by atoms with E-state index in [0.29, 0.717) is 5.94 Å². The minimum Gasteiger partial charge on any atom is -0.377 e. The number of hydrogen-bond acceptors (Lipinski definition) is 4. The summed E-state index contributed by atoms with van der Waals surface area (Å²) in [5.74, 6) is 0.333. The van der Waals surface area contributed by atoms with E-state index in [1.54, 1.807) is 14.2 Å². The van der Waals surface area contributed by atoms with Crippen molar-refractivity contribution in [1.82, 2.24) is 0 Å². The summed E-state index contributed by atoms with van der Waals surface area (Å²) >= 11 is 4.07. The molecule has 0 saturated heterocycles. The van der Waals surface area contributed by atoms with Crippen molar-refractivity contribution < 1.29 is 13.3 Å². The van der Waals surface area contributed by atoms with Gasteiger partial charge in [-0.2, -0.15) is 12.6 Å². The first kappa shape index (κ1) is 14.7. The average molecular weight is 272 g/mol. The van der Waals surface area contributed by atoms with E-state index in [2.05, 4.69) is 36.9 Å². The highest BCUT2D eigenvalue weighted by molar-refractivity contribution is 7.80. The first-order chi connectivity index (χ1) is 8.26.